The Kier molecular flexibility index (Phi) is 3.07. The molecule has 2 aliphatic rings. The van der Waals surface area contributed by atoms with Crippen molar-refractivity contribution in [3.63, 3.8) is 0 Å². The highest BCUT2D eigenvalue weighted by Crippen LogP contribution is 2.41. The highest BCUT2D eigenvalue weighted by atomic mass is 16.5. The maximum Gasteiger partial charge on any atom is 0.0784 e. The lowest BCUT2D eigenvalue weighted by Crippen LogP contribution is -2.37. The van der Waals surface area contributed by atoms with Gasteiger partial charge in [0.1, 0.15) is 0 Å². The summed E-state index contributed by atoms with van der Waals surface area (Å²) < 4.78 is 5.53. The summed E-state index contributed by atoms with van der Waals surface area (Å²) in [5.41, 5.74) is 1.16. The van der Waals surface area contributed by atoms with E-state index >= 15 is 0 Å². The number of hydrogen-bond donors (Lipinski definition) is 0. The highest BCUT2D eigenvalue weighted by Gasteiger charge is 2.48. The fraction of sp³-hybridized carbons (Fsp3) is 0.533. The Morgan fingerprint density at radius 2 is 2.22 bits per heavy atom. The minimum Gasteiger partial charge on any atom is -0.381 e. The fourth-order valence-electron chi connectivity index (χ4n) is 3.20. The summed E-state index contributed by atoms with van der Waals surface area (Å²) in [6.07, 6.45) is 0.888. The Morgan fingerprint density at radius 1 is 1.39 bits per heavy atom. The van der Waals surface area contributed by atoms with E-state index in [0.717, 1.165) is 39.3 Å². The Morgan fingerprint density at radius 3 is 2.94 bits per heavy atom. The molecule has 2 fully saturated rings. The van der Waals surface area contributed by atoms with Crippen molar-refractivity contribution in [3.8, 4) is 6.07 Å². The predicted octanol–water partition coefficient (Wildman–Crippen LogP) is 2.05. The number of nitriles is 1. The molecule has 2 aliphatic heterocycles. The number of nitrogens with zero attached hydrogens (tertiary/aromatic N) is 2. The first-order chi connectivity index (χ1) is 8.82. The third-order valence-corrected chi connectivity index (χ3v) is 4.25. The smallest absolute Gasteiger partial charge is 0.0784 e. The number of benzene rings is 1. The molecular formula is C15H18N2O. The van der Waals surface area contributed by atoms with Gasteiger partial charge in [0.2, 0.25) is 0 Å². The molecule has 0 saturated carbocycles. The molecule has 0 bridgehead atoms. The van der Waals surface area contributed by atoms with Gasteiger partial charge in [0.15, 0.2) is 0 Å². The lowest BCUT2D eigenvalue weighted by molar-refractivity contribution is 0.0108. The molecule has 2 heterocycles. The molecule has 0 unspecified atom stereocenters. The van der Waals surface area contributed by atoms with E-state index in [2.05, 4.69) is 35.2 Å². The molecule has 2 saturated heterocycles. The summed E-state index contributed by atoms with van der Waals surface area (Å²) in [5.74, 6) is 0.389. The Balaban J connectivity index is 1.72. The molecule has 18 heavy (non-hydrogen) atoms. The number of fused-ring (bicyclic) bond motifs is 1. The van der Waals surface area contributed by atoms with Crippen molar-refractivity contribution < 1.29 is 4.74 Å². The summed E-state index contributed by atoms with van der Waals surface area (Å²) in [4.78, 5) is 2.40. The number of ether oxygens (including phenoxy) is 1. The quantitative estimate of drug-likeness (QED) is 0.796. The molecule has 0 aliphatic carbocycles. The zero-order chi connectivity index (χ0) is 12.4. The highest BCUT2D eigenvalue weighted by molar-refractivity contribution is 5.17. The van der Waals surface area contributed by atoms with Crippen molar-refractivity contribution >= 4 is 0 Å². The van der Waals surface area contributed by atoms with E-state index in [1.54, 1.807) is 0 Å². The SMILES string of the molecule is N#C[C@]12CCOC[C@H]1CN(Cc1ccccc1)C2. The van der Waals surface area contributed by atoms with Crippen LogP contribution in [0.1, 0.15) is 12.0 Å². The van der Waals surface area contributed by atoms with Crippen LogP contribution in [0.4, 0.5) is 0 Å². The normalized spacial score (nSPS) is 31.8. The molecule has 1 aromatic rings. The zero-order valence-corrected chi connectivity index (χ0v) is 10.5. The standard InChI is InChI=1S/C15H18N2O/c16-11-15-6-7-18-10-14(15)9-17(12-15)8-13-4-2-1-3-5-13/h1-5,14H,6-10,12H2/t14-,15+/m1/s1. The van der Waals surface area contributed by atoms with Gasteiger partial charge < -0.3 is 4.74 Å². The molecular weight excluding hydrogens is 224 g/mol. The van der Waals surface area contributed by atoms with Crippen LogP contribution in [-0.2, 0) is 11.3 Å². The van der Waals surface area contributed by atoms with Crippen molar-refractivity contribution in [2.24, 2.45) is 11.3 Å². The van der Waals surface area contributed by atoms with Gasteiger partial charge >= 0.3 is 0 Å². The monoisotopic (exact) mass is 242 g/mol. The van der Waals surface area contributed by atoms with Crippen LogP contribution in [0.3, 0.4) is 0 Å². The minimum absolute atomic E-state index is 0.160. The third kappa shape index (κ3) is 2.03. The lowest BCUT2D eigenvalue weighted by atomic mass is 9.76. The lowest BCUT2D eigenvalue weighted by Gasteiger charge is -2.31. The van der Waals surface area contributed by atoms with E-state index in [4.69, 9.17) is 4.74 Å². The Labute approximate surface area is 108 Å². The van der Waals surface area contributed by atoms with Gasteiger partial charge in [-0.05, 0) is 12.0 Å². The molecule has 0 spiro atoms. The summed E-state index contributed by atoms with van der Waals surface area (Å²) >= 11 is 0. The van der Waals surface area contributed by atoms with Crippen molar-refractivity contribution in [3.05, 3.63) is 35.9 Å². The molecule has 3 nitrogen and oxygen atoms in total. The van der Waals surface area contributed by atoms with E-state index in [9.17, 15) is 5.26 Å². The second-order valence-electron chi connectivity index (χ2n) is 5.45. The van der Waals surface area contributed by atoms with Crippen LogP contribution in [0.2, 0.25) is 0 Å². The fourth-order valence-corrected chi connectivity index (χ4v) is 3.20. The van der Waals surface area contributed by atoms with Gasteiger partial charge in [-0.15, -0.1) is 0 Å². The van der Waals surface area contributed by atoms with Gasteiger partial charge in [-0.25, -0.2) is 0 Å². The van der Waals surface area contributed by atoms with Gasteiger partial charge in [-0.2, -0.15) is 5.26 Å². The van der Waals surface area contributed by atoms with E-state index in [1.165, 1.54) is 5.56 Å². The topological polar surface area (TPSA) is 36.3 Å². The Bertz CT molecular complexity index is 453. The van der Waals surface area contributed by atoms with Gasteiger partial charge in [0.25, 0.3) is 0 Å². The van der Waals surface area contributed by atoms with Crippen LogP contribution < -0.4 is 0 Å². The average molecular weight is 242 g/mol. The molecule has 94 valence electrons. The first-order valence-corrected chi connectivity index (χ1v) is 6.58. The van der Waals surface area contributed by atoms with E-state index in [1.807, 2.05) is 6.07 Å². The van der Waals surface area contributed by atoms with Crippen LogP contribution >= 0.6 is 0 Å². The molecule has 0 radical (unpaired) electrons. The second kappa shape index (κ2) is 4.72. The first-order valence-electron chi connectivity index (χ1n) is 6.58. The largest absolute Gasteiger partial charge is 0.381 e. The molecule has 3 heteroatoms. The van der Waals surface area contributed by atoms with Crippen molar-refractivity contribution in [1.82, 2.24) is 4.90 Å². The second-order valence-corrected chi connectivity index (χ2v) is 5.45. The number of rotatable bonds is 2. The van der Waals surface area contributed by atoms with E-state index < -0.39 is 0 Å². The van der Waals surface area contributed by atoms with Gasteiger partial charge in [0.05, 0.1) is 18.1 Å². The molecule has 1 aromatic carbocycles. The van der Waals surface area contributed by atoms with Gasteiger partial charge in [-0.3, -0.25) is 4.90 Å². The molecule has 3 rings (SSSR count). The van der Waals surface area contributed by atoms with Crippen molar-refractivity contribution in [2.45, 2.75) is 13.0 Å². The van der Waals surface area contributed by atoms with Gasteiger partial charge in [-0.1, -0.05) is 30.3 Å². The number of hydrogen-bond acceptors (Lipinski definition) is 3. The summed E-state index contributed by atoms with van der Waals surface area (Å²) in [6.45, 7) is 4.32. The molecule has 2 atom stereocenters. The van der Waals surface area contributed by atoms with Crippen LogP contribution in [0.5, 0.6) is 0 Å². The maximum atomic E-state index is 9.50. The molecule has 0 aromatic heterocycles. The van der Waals surface area contributed by atoms with Crippen molar-refractivity contribution in [2.75, 3.05) is 26.3 Å². The molecule has 0 amide bonds. The Hall–Kier alpha value is -1.37. The van der Waals surface area contributed by atoms with E-state index in [-0.39, 0.29) is 5.41 Å². The predicted molar refractivity (Wildman–Crippen MR) is 68.7 cm³/mol. The van der Waals surface area contributed by atoms with Crippen LogP contribution in [0.25, 0.3) is 0 Å². The zero-order valence-electron chi connectivity index (χ0n) is 10.5. The maximum absolute atomic E-state index is 9.50. The van der Waals surface area contributed by atoms with E-state index in [0.29, 0.717) is 5.92 Å². The summed E-state index contributed by atoms with van der Waals surface area (Å²) in [5, 5.41) is 9.50. The first kappa shape index (κ1) is 11.7. The summed E-state index contributed by atoms with van der Waals surface area (Å²) in [6, 6.07) is 13.1. The minimum atomic E-state index is -0.160. The van der Waals surface area contributed by atoms with Crippen LogP contribution in [0.15, 0.2) is 30.3 Å². The summed E-state index contributed by atoms with van der Waals surface area (Å²) in [7, 11) is 0. The van der Waals surface area contributed by atoms with Crippen molar-refractivity contribution in [1.29, 1.82) is 5.26 Å². The average Bonchev–Trinajstić information content (AvgIpc) is 2.78. The van der Waals surface area contributed by atoms with Crippen LogP contribution in [0, 0.1) is 22.7 Å². The number of likely N-dealkylation sites (tertiary alicyclic amines) is 1. The molecule has 0 N–H and O–H groups in total. The van der Waals surface area contributed by atoms with Gasteiger partial charge in [0, 0.05) is 32.2 Å². The van der Waals surface area contributed by atoms with Crippen LogP contribution in [-0.4, -0.2) is 31.2 Å². The third-order valence-electron chi connectivity index (χ3n) is 4.25.